The van der Waals surface area contributed by atoms with Gasteiger partial charge in [0.2, 0.25) is 5.71 Å². The maximum Gasteiger partial charge on any atom is 0.347 e. The summed E-state index contributed by atoms with van der Waals surface area (Å²) in [4.78, 5) is 47.2. The van der Waals surface area contributed by atoms with Gasteiger partial charge >= 0.3 is 23.9 Å². The first-order valence-corrected chi connectivity index (χ1v) is 12.2. The molecule has 0 amide bonds. The highest BCUT2D eigenvalue weighted by molar-refractivity contribution is 6.22. The molecule has 3 aromatic rings. The number of hydrogen-bond acceptors (Lipinski definition) is 12. The first kappa shape index (κ1) is 25.3. The standard InChI is InChI=1S/C28H18N5O8/c34-25-21-11-9-19(13-23(21)27(36)40-25)32(38)30-17-5-1-15(2-6-17)29-16-3-7-18(8-4-16)31-33(39)20-10-12-22-24(14-20)28(37)41-26(22)35/h1-9,11-14,29-31H,10H2/q-1/b33-20-. The van der Waals surface area contributed by atoms with Gasteiger partial charge in [0.15, 0.2) is 0 Å². The van der Waals surface area contributed by atoms with Gasteiger partial charge in [-0.05, 0) is 66.7 Å². The van der Waals surface area contributed by atoms with E-state index in [9.17, 15) is 29.6 Å². The van der Waals surface area contributed by atoms with E-state index in [1.807, 2.05) is 0 Å². The highest BCUT2D eigenvalue weighted by Crippen LogP contribution is 2.28. The van der Waals surface area contributed by atoms with Crippen LogP contribution >= 0.6 is 0 Å². The van der Waals surface area contributed by atoms with Crippen LogP contribution in [0.4, 0.5) is 28.4 Å². The Morgan fingerprint density at radius 1 is 0.707 bits per heavy atom. The first-order valence-electron chi connectivity index (χ1n) is 12.2. The largest absolute Gasteiger partial charge is 0.739 e. The van der Waals surface area contributed by atoms with Crippen molar-refractivity contribution in [1.29, 1.82) is 0 Å². The number of hydrazine groups is 2. The Morgan fingerprint density at radius 2 is 1.29 bits per heavy atom. The molecule has 6 rings (SSSR count). The van der Waals surface area contributed by atoms with Gasteiger partial charge in [-0.3, -0.25) is 0 Å². The predicted molar refractivity (Wildman–Crippen MR) is 146 cm³/mol. The number of rotatable bonds is 7. The quantitative estimate of drug-likeness (QED) is 0.128. The fourth-order valence-electron chi connectivity index (χ4n) is 4.31. The lowest BCUT2D eigenvalue weighted by molar-refractivity contribution is -0.422. The lowest BCUT2D eigenvalue weighted by Gasteiger charge is -2.32. The second-order valence-electron chi connectivity index (χ2n) is 9.05. The van der Waals surface area contributed by atoms with Gasteiger partial charge < -0.3 is 35.8 Å². The molecule has 0 atom stereocenters. The molecule has 1 saturated heterocycles. The summed E-state index contributed by atoms with van der Waals surface area (Å²) in [6.07, 6.45) is 2.99. The highest BCUT2D eigenvalue weighted by Gasteiger charge is 2.36. The molecule has 1 aliphatic carbocycles. The molecule has 3 aliphatic rings. The van der Waals surface area contributed by atoms with Crippen molar-refractivity contribution in [1.82, 2.24) is 0 Å². The number of anilines is 5. The molecule has 204 valence electrons. The SMILES string of the molecule is O=C1OC(=O)C2=C/C(=[N+](\[O-])Nc3ccc(Nc4ccc(NN([O-])c5ccc6c(c5)C(=O)OC6=O)cc4)cc3)CC=C12. The summed E-state index contributed by atoms with van der Waals surface area (Å²) < 4.78 is 9.10. The fourth-order valence-corrected chi connectivity index (χ4v) is 4.31. The number of carbonyl (C=O) groups excluding carboxylic acids is 4. The molecule has 0 radical (unpaired) electrons. The van der Waals surface area contributed by atoms with Gasteiger partial charge in [-0.1, -0.05) is 10.9 Å². The molecule has 0 bridgehead atoms. The van der Waals surface area contributed by atoms with Crippen molar-refractivity contribution in [3.05, 3.63) is 112 Å². The van der Waals surface area contributed by atoms with E-state index in [-0.39, 0.29) is 40.1 Å². The monoisotopic (exact) mass is 552 g/mol. The molecule has 0 saturated carbocycles. The van der Waals surface area contributed by atoms with Gasteiger partial charge in [-0.2, -0.15) is 5.43 Å². The van der Waals surface area contributed by atoms with E-state index in [2.05, 4.69) is 25.6 Å². The Labute approximate surface area is 231 Å². The number of benzene rings is 3. The lowest BCUT2D eigenvalue weighted by atomic mass is 9.99. The summed E-state index contributed by atoms with van der Waals surface area (Å²) in [5.74, 6) is -3.02. The van der Waals surface area contributed by atoms with Crippen molar-refractivity contribution >= 4 is 58.0 Å². The average Bonchev–Trinajstić information content (AvgIpc) is 3.43. The topological polar surface area (TPSA) is 175 Å². The molecular weight excluding hydrogens is 534 g/mol. The number of nitrogens with zero attached hydrogens (tertiary/aromatic N) is 2. The predicted octanol–water partition coefficient (Wildman–Crippen LogP) is 3.69. The molecule has 41 heavy (non-hydrogen) atoms. The second kappa shape index (κ2) is 9.98. The number of cyclic esters (lactones) is 4. The van der Waals surface area contributed by atoms with Gasteiger partial charge in [0.1, 0.15) is 0 Å². The number of nitrogens with one attached hydrogen (secondary N) is 3. The van der Waals surface area contributed by atoms with Crippen molar-refractivity contribution < 1.29 is 33.5 Å². The number of hydrogen-bond donors (Lipinski definition) is 3. The van der Waals surface area contributed by atoms with Crippen molar-refractivity contribution in [2.24, 2.45) is 0 Å². The van der Waals surface area contributed by atoms with Crippen molar-refractivity contribution in [2.45, 2.75) is 6.42 Å². The smallest absolute Gasteiger partial charge is 0.347 e. The molecule has 13 nitrogen and oxygen atoms in total. The third kappa shape index (κ3) is 4.95. The Bertz CT molecular complexity index is 1730. The molecule has 3 aromatic carbocycles. The van der Waals surface area contributed by atoms with Gasteiger partial charge in [-0.25, -0.2) is 19.2 Å². The zero-order valence-corrected chi connectivity index (χ0v) is 20.9. The number of allylic oxidation sites excluding steroid dienone is 2. The molecule has 0 spiro atoms. The summed E-state index contributed by atoms with van der Waals surface area (Å²) in [6.45, 7) is 0. The Morgan fingerprint density at radius 3 is 2.00 bits per heavy atom. The minimum Gasteiger partial charge on any atom is -0.739 e. The molecule has 2 heterocycles. The van der Waals surface area contributed by atoms with E-state index < -0.39 is 23.9 Å². The van der Waals surface area contributed by atoms with E-state index >= 15 is 0 Å². The van der Waals surface area contributed by atoms with E-state index in [0.29, 0.717) is 21.4 Å². The van der Waals surface area contributed by atoms with E-state index in [0.717, 1.165) is 11.4 Å². The Hall–Kier alpha value is -5.95. The van der Waals surface area contributed by atoms with Crippen molar-refractivity contribution in [3.63, 3.8) is 0 Å². The molecule has 3 N–H and O–H groups in total. The minimum absolute atomic E-state index is 0.0352. The summed E-state index contributed by atoms with van der Waals surface area (Å²) >= 11 is 0. The number of carbonyl (C=O) groups is 4. The summed E-state index contributed by atoms with van der Waals surface area (Å²) in [5, 5.41) is 28.8. The molecule has 1 fully saturated rings. The minimum atomic E-state index is -0.794. The highest BCUT2D eigenvalue weighted by atomic mass is 16.6. The van der Waals surface area contributed by atoms with Crippen LogP contribution in [0.25, 0.3) is 0 Å². The van der Waals surface area contributed by atoms with Gasteiger partial charge in [0, 0.05) is 23.1 Å². The molecule has 0 aromatic heterocycles. The molecule has 13 heteroatoms. The molecular formula is C28H18N5O8-. The van der Waals surface area contributed by atoms with Crippen LogP contribution in [0.3, 0.4) is 0 Å². The zero-order valence-electron chi connectivity index (χ0n) is 20.9. The fraction of sp³-hybridized carbons (Fsp3) is 0.0357. The van der Waals surface area contributed by atoms with Crippen LogP contribution in [0.15, 0.2) is 90.0 Å². The van der Waals surface area contributed by atoms with Gasteiger partial charge in [0.05, 0.1) is 40.1 Å². The van der Waals surface area contributed by atoms with Crippen LogP contribution in [0.5, 0.6) is 0 Å². The van der Waals surface area contributed by atoms with E-state index in [1.54, 1.807) is 48.5 Å². The first-order chi connectivity index (χ1) is 19.7. The van der Waals surface area contributed by atoms with Gasteiger partial charge in [0.25, 0.3) is 0 Å². The van der Waals surface area contributed by atoms with Crippen molar-refractivity contribution in [3.8, 4) is 0 Å². The van der Waals surface area contributed by atoms with Crippen LogP contribution in [-0.4, -0.2) is 34.4 Å². The summed E-state index contributed by atoms with van der Waals surface area (Å²) in [5.41, 5.74) is 8.52. The number of fused-ring (bicyclic) bond motifs is 2. The number of hydrazone groups is 1. The molecule has 2 aliphatic heterocycles. The van der Waals surface area contributed by atoms with Crippen LogP contribution in [0.1, 0.15) is 27.1 Å². The number of ether oxygens (including phenoxy) is 2. The Balaban J connectivity index is 1.06. The maximum absolute atomic E-state index is 12.6. The maximum atomic E-state index is 12.6. The van der Waals surface area contributed by atoms with Crippen LogP contribution < -0.4 is 21.3 Å². The van der Waals surface area contributed by atoms with Crippen LogP contribution in [0, 0.1) is 10.4 Å². The third-order valence-corrected chi connectivity index (χ3v) is 6.39. The second-order valence-corrected chi connectivity index (χ2v) is 9.05. The van der Waals surface area contributed by atoms with Crippen LogP contribution in [-0.2, 0) is 19.1 Å². The van der Waals surface area contributed by atoms with Crippen molar-refractivity contribution in [2.75, 3.05) is 21.3 Å². The Kier molecular flexibility index (Phi) is 6.17. The normalized spacial score (nSPS) is 16.6. The van der Waals surface area contributed by atoms with Crippen LogP contribution in [0.2, 0.25) is 0 Å². The zero-order chi connectivity index (χ0) is 28.7. The van der Waals surface area contributed by atoms with E-state index in [4.69, 9.17) is 0 Å². The number of esters is 4. The van der Waals surface area contributed by atoms with E-state index in [1.165, 1.54) is 30.4 Å². The summed E-state index contributed by atoms with van der Waals surface area (Å²) in [7, 11) is 0. The third-order valence-electron chi connectivity index (χ3n) is 6.39. The lowest BCUT2D eigenvalue weighted by Crippen LogP contribution is -2.22. The van der Waals surface area contributed by atoms with Gasteiger partial charge in [-0.15, -0.1) is 0 Å². The average molecular weight is 552 g/mol. The molecule has 0 unspecified atom stereocenters. The summed E-state index contributed by atoms with van der Waals surface area (Å²) in [6, 6.07) is 17.8.